The Morgan fingerprint density at radius 3 is 2.15 bits per heavy atom. The van der Waals surface area contributed by atoms with Crippen LogP contribution in [-0.2, 0) is 6.42 Å². The summed E-state index contributed by atoms with van der Waals surface area (Å²) in [7, 11) is 0. The van der Waals surface area contributed by atoms with Crippen LogP contribution in [0.1, 0.15) is 24.8 Å². The Morgan fingerprint density at radius 2 is 1.50 bits per heavy atom. The molecule has 0 atom stereocenters. The highest BCUT2D eigenvalue weighted by Gasteiger charge is 2.13. The van der Waals surface area contributed by atoms with E-state index in [9.17, 15) is 0 Å². The highest BCUT2D eigenvalue weighted by atomic mass is 15.2. The van der Waals surface area contributed by atoms with E-state index >= 15 is 0 Å². The summed E-state index contributed by atoms with van der Waals surface area (Å²) in [4.78, 5) is 5.20. The lowest BCUT2D eigenvalue weighted by molar-refractivity contribution is 0.254. The first kappa shape index (κ1) is 15.5. The maximum atomic E-state index is 5.60. The summed E-state index contributed by atoms with van der Waals surface area (Å²) in [5, 5.41) is 0. The van der Waals surface area contributed by atoms with Crippen LogP contribution in [0.5, 0.6) is 0 Å². The molecular weight excluding hydrogens is 246 g/mol. The maximum Gasteiger partial charge on any atom is 0.0109 e. The summed E-state index contributed by atoms with van der Waals surface area (Å²) >= 11 is 0. The van der Waals surface area contributed by atoms with Crippen LogP contribution in [0.2, 0.25) is 0 Å². The second kappa shape index (κ2) is 9.11. The van der Waals surface area contributed by atoms with Crippen LogP contribution in [0.3, 0.4) is 0 Å². The molecule has 0 unspecified atom stereocenters. The standard InChI is InChI=1S/C17H29N3/c18-10-5-12-20-14-6-13-19(15-16-20)11-4-9-17-7-2-1-3-8-17/h1-3,7-8H,4-6,9-16,18H2. The summed E-state index contributed by atoms with van der Waals surface area (Å²) in [6, 6.07) is 10.8. The molecule has 1 aliphatic heterocycles. The first-order valence-corrected chi connectivity index (χ1v) is 8.07. The quantitative estimate of drug-likeness (QED) is 0.826. The Labute approximate surface area is 123 Å². The molecule has 20 heavy (non-hydrogen) atoms. The zero-order valence-electron chi connectivity index (χ0n) is 12.6. The van der Waals surface area contributed by atoms with Crippen LogP contribution >= 0.6 is 0 Å². The van der Waals surface area contributed by atoms with Crippen LogP contribution in [0.25, 0.3) is 0 Å². The highest BCUT2D eigenvalue weighted by Crippen LogP contribution is 2.07. The van der Waals surface area contributed by atoms with E-state index in [4.69, 9.17) is 5.73 Å². The van der Waals surface area contributed by atoms with Gasteiger partial charge in [0.2, 0.25) is 0 Å². The third-order valence-electron chi connectivity index (χ3n) is 4.14. The lowest BCUT2D eigenvalue weighted by Crippen LogP contribution is -2.32. The zero-order chi connectivity index (χ0) is 14.0. The van der Waals surface area contributed by atoms with E-state index in [1.165, 1.54) is 64.1 Å². The summed E-state index contributed by atoms with van der Waals surface area (Å²) in [5.74, 6) is 0. The molecule has 0 spiro atoms. The van der Waals surface area contributed by atoms with Crippen molar-refractivity contribution in [1.29, 1.82) is 0 Å². The monoisotopic (exact) mass is 275 g/mol. The molecule has 1 aromatic rings. The predicted molar refractivity (Wildman–Crippen MR) is 85.9 cm³/mol. The number of benzene rings is 1. The summed E-state index contributed by atoms with van der Waals surface area (Å²) in [6.45, 7) is 8.17. The van der Waals surface area contributed by atoms with Gasteiger partial charge in [-0.25, -0.2) is 0 Å². The topological polar surface area (TPSA) is 32.5 Å². The molecular formula is C17H29N3. The van der Waals surface area contributed by atoms with Gasteiger partial charge in [-0.05, 0) is 64.0 Å². The third-order valence-corrected chi connectivity index (χ3v) is 4.14. The third kappa shape index (κ3) is 5.61. The summed E-state index contributed by atoms with van der Waals surface area (Å²) in [6.07, 6.45) is 4.91. The molecule has 112 valence electrons. The van der Waals surface area contributed by atoms with Crippen molar-refractivity contribution in [2.24, 2.45) is 5.73 Å². The number of nitrogens with zero attached hydrogens (tertiary/aromatic N) is 2. The second-order valence-corrected chi connectivity index (χ2v) is 5.77. The molecule has 2 rings (SSSR count). The number of hydrogen-bond donors (Lipinski definition) is 1. The van der Waals surface area contributed by atoms with Crippen molar-refractivity contribution in [3.8, 4) is 0 Å². The minimum absolute atomic E-state index is 0.817. The van der Waals surface area contributed by atoms with Crippen LogP contribution < -0.4 is 5.73 Å². The van der Waals surface area contributed by atoms with Gasteiger partial charge in [-0.3, -0.25) is 0 Å². The van der Waals surface area contributed by atoms with Gasteiger partial charge in [-0.2, -0.15) is 0 Å². The van der Waals surface area contributed by atoms with Gasteiger partial charge < -0.3 is 15.5 Å². The van der Waals surface area contributed by atoms with Gasteiger partial charge in [0.05, 0.1) is 0 Å². The largest absolute Gasteiger partial charge is 0.330 e. The van der Waals surface area contributed by atoms with E-state index < -0.39 is 0 Å². The van der Waals surface area contributed by atoms with Gasteiger partial charge in [0.25, 0.3) is 0 Å². The van der Waals surface area contributed by atoms with Gasteiger partial charge >= 0.3 is 0 Å². The van der Waals surface area contributed by atoms with Crippen molar-refractivity contribution >= 4 is 0 Å². The van der Waals surface area contributed by atoms with Crippen molar-refractivity contribution in [3.05, 3.63) is 35.9 Å². The molecule has 0 radical (unpaired) electrons. The van der Waals surface area contributed by atoms with E-state index in [0.717, 1.165) is 13.0 Å². The van der Waals surface area contributed by atoms with Crippen LogP contribution in [0.4, 0.5) is 0 Å². The molecule has 1 aromatic carbocycles. The van der Waals surface area contributed by atoms with Crippen molar-refractivity contribution in [1.82, 2.24) is 9.80 Å². The smallest absolute Gasteiger partial charge is 0.0109 e. The molecule has 0 aromatic heterocycles. The normalized spacial score (nSPS) is 18.1. The Morgan fingerprint density at radius 1 is 0.850 bits per heavy atom. The minimum atomic E-state index is 0.817. The van der Waals surface area contributed by atoms with Crippen molar-refractivity contribution in [2.45, 2.75) is 25.7 Å². The van der Waals surface area contributed by atoms with Gasteiger partial charge in [-0.15, -0.1) is 0 Å². The van der Waals surface area contributed by atoms with Gasteiger partial charge in [0, 0.05) is 13.1 Å². The lowest BCUT2D eigenvalue weighted by atomic mass is 10.1. The molecule has 1 aliphatic rings. The van der Waals surface area contributed by atoms with Gasteiger partial charge in [0.15, 0.2) is 0 Å². The zero-order valence-corrected chi connectivity index (χ0v) is 12.6. The maximum absolute atomic E-state index is 5.60. The lowest BCUT2D eigenvalue weighted by Gasteiger charge is -2.21. The van der Waals surface area contributed by atoms with Gasteiger partial charge in [-0.1, -0.05) is 30.3 Å². The molecule has 0 saturated carbocycles. The second-order valence-electron chi connectivity index (χ2n) is 5.77. The minimum Gasteiger partial charge on any atom is -0.330 e. The fourth-order valence-electron chi connectivity index (χ4n) is 2.94. The van der Waals surface area contributed by atoms with Crippen LogP contribution in [-0.4, -0.2) is 55.6 Å². The molecule has 2 N–H and O–H groups in total. The molecule has 0 amide bonds. The van der Waals surface area contributed by atoms with E-state index in [2.05, 4.69) is 40.1 Å². The highest BCUT2D eigenvalue weighted by molar-refractivity contribution is 5.14. The summed E-state index contributed by atoms with van der Waals surface area (Å²) < 4.78 is 0. The number of aryl methyl sites for hydroxylation is 1. The van der Waals surface area contributed by atoms with Gasteiger partial charge in [0.1, 0.15) is 0 Å². The molecule has 3 nitrogen and oxygen atoms in total. The van der Waals surface area contributed by atoms with E-state index in [1.54, 1.807) is 0 Å². The van der Waals surface area contributed by atoms with E-state index in [1.807, 2.05) is 0 Å². The first-order valence-electron chi connectivity index (χ1n) is 8.07. The number of nitrogens with two attached hydrogens (primary N) is 1. The van der Waals surface area contributed by atoms with Crippen molar-refractivity contribution in [3.63, 3.8) is 0 Å². The molecule has 0 aliphatic carbocycles. The summed E-state index contributed by atoms with van der Waals surface area (Å²) in [5.41, 5.74) is 7.06. The molecule has 3 heteroatoms. The predicted octanol–water partition coefficient (Wildman–Crippen LogP) is 1.98. The number of rotatable bonds is 7. The Kier molecular flexibility index (Phi) is 7.06. The Hall–Kier alpha value is -0.900. The Bertz CT molecular complexity index is 353. The average molecular weight is 275 g/mol. The first-order chi connectivity index (χ1) is 9.88. The molecule has 1 heterocycles. The SMILES string of the molecule is NCCCN1CCCN(CCCc2ccccc2)CC1. The fourth-order valence-corrected chi connectivity index (χ4v) is 2.94. The van der Waals surface area contributed by atoms with E-state index in [0.29, 0.717) is 0 Å². The van der Waals surface area contributed by atoms with Crippen LogP contribution in [0.15, 0.2) is 30.3 Å². The molecule has 1 fully saturated rings. The van der Waals surface area contributed by atoms with Crippen molar-refractivity contribution < 1.29 is 0 Å². The average Bonchev–Trinajstić information content (AvgIpc) is 2.72. The number of hydrogen-bond acceptors (Lipinski definition) is 3. The molecule has 1 saturated heterocycles. The fraction of sp³-hybridized carbons (Fsp3) is 0.647. The van der Waals surface area contributed by atoms with Crippen LogP contribution in [0, 0.1) is 0 Å². The molecule has 0 bridgehead atoms. The Balaban J connectivity index is 1.64. The van der Waals surface area contributed by atoms with Crippen molar-refractivity contribution in [2.75, 3.05) is 45.8 Å². The van der Waals surface area contributed by atoms with E-state index in [-0.39, 0.29) is 0 Å².